The van der Waals surface area contributed by atoms with Crippen molar-refractivity contribution in [1.82, 2.24) is 0 Å². The minimum absolute atomic E-state index is 0.128. The molecular weight excluding hydrogens is 464 g/mol. The average molecular weight is 485 g/mol. The predicted octanol–water partition coefficient (Wildman–Crippen LogP) is 6.79. The lowest BCUT2D eigenvalue weighted by molar-refractivity contribution is 0.0971. The molecule has 6 heteroatoms. The summed E-state index contributed by atoms with van der Waals surface area (Å²) in [7, 11) is 0. The van der Waals surface area contributed by atoms with E-state index in [-0.39, 0.29) is 33.8 Å². The molecule has 0 amide bonds. The number of hydrogen-bond acceptors (Lipinski definition) is 6. The summed E-state index contributed by atoms with van der Waals surface area (Å²) >= 11 is 2.92. The lowest BCUT2D eigenvalue weighted by Crippen LogP contribution is -2.23. The Morgan fingerprint density at radius 1 is 0.588 bits per heavy atom. The minimum atomic E-state index is -0.466. The zero-order chi connectivity index (χ0) is 24.0. The Balaban J connectivity index is 1.76. The fraction of sp³-hybridized carbons (Fsp3) is 0.0714. The molecule has 0 saturated heterocycles. The van der Waals surface area contributed by atoms with E-state index < -0.39 is 11.6 Å². The first-order valence-electron chi connectivity index (χ1n) is 10.7. The molecule has 34 heavy (non-hydrogen) atoms. The molecule has 0 unspecified atom stereocenters. The van der Waals surface area contributed by atoms with Crippen LogP contribution < -0.4 is 0 Å². The molecule has 0 atom stereocenters. The molecule has 1 aliphatic carbocycles. The van der Waals surface area contributed by atoms with E-state index in [1.165, 1.54) is 23.5 Å². The summed E-state index contributed by atoms with van der Waals surface area (Å²) in [6, 6.07) is 22.9. The fourth-order valence-corrected chi connectivity index (χ4v) is 6.18. The second-order valence-corrected chi connectivity index (χ2v) is 10.2. The number of rotatable bonds is 4. The van der Waals surface area contributed by atoms with Crippen LogP contribution in [0.3, 0.4) is 0 Å². The molecule has 4 nitrogen and oxygen atoms in total. The monoisotopic (exact) mass is 484 g/mol. The van der Waals surface area contributed by atoms with Crippen LogP contribution in [-0.4, -0.2) is 21.8 Å². The highest BCUT2D eigenvalue weighted by Gasteiger charge is 2.38. The number of phenolic OH excluding ortho intramolecular Hbond substituents is 2. The fourth-order valence-electron chi connectivity index (χ4n) is 4.05. The smallest absolute Gasteiger partial charge is 0.199 e. The van der Waals surface area contributed by atoms with Crippen molar-refractivity contribution in [1.29, 1.82) is 0 Å². The van der Waals surface area contributed by atoms with E-state index in [1.54, 1.807) is 19.9 Å². The van der Waals surface area contributed by atoms with Crippen LogP contribution in [0.2, 0.25) is 0 Å². The van der Waals surface area contributed by atoms with Gasteiger partial charge in [0.2, 0.25) is 0 Å². The summed E-state index contributed by atoms with van der Waals surface area (Å²) in [5.74, 6) is -1.44. The standard InChI is InChI=1S/C28H20O4S2/c1-15-16(2)25(30)23-22(24(15)29)26(31)19-13-14-20(33-17-9-5-3-6-10-17)28(21(19)27(23)32)34-18-11-7-4-8-12-18/h3-14,29-30H,1-2H3. The van der Waals surface area contributed by atoms with Crippen LogP contribution in [0.15, 0.2) is 92.4 Å². The van der Waals surface area contributed by atoms with E-state index >= 15 is 0 Å². The summed E-state index contributed by atoms with van der Waals surface area (Å²) < 4.78 is 0. The molecule has 168 valence electrons. The first-order chi connectivity index (χ1) is 16.4. The average Bonchev–Trinajstić information content (AvgIpc) is 2.85. The minimum Gasteiger partial charge on any atom is -0.507 e. The third-order valence-electron chi connectivity index (χ3n) is 5.98. The summed E-state index contributed by atoms with van der Waals surface area (Å²) in [5, 5.41) is 21.6. The number of phenols is 2. The van der Waals surface area contributed by atoms with Gasteiger partial charge < -0.3 is 10.2 Å². The van der Waals surface area contributed by atoms with Gasteiger partial charge in [-0.1, -0.05) is 59.9 Å². The molecule has 4 aromatic rings. The number of carbonyl (C=O) groups is 2. The van der Waals surface area contributed by atoms with Gasteiger partial charge in [-0.2, -0.15) is 0 Å². The van der Waals surface area contributed by atoms with Crippen LogP contribution in [0.25, 0.3) is 0 Å². The van der Waals surface area contributed by atoms with Gasteiger partial charge >= 0.3 is 0 Å². The topological polar surface area (TPSA) is 74.6 Å². The molecule has 1 aliphatic rings. The maximum Gasteiger partial charge on any atom is 0.199 e. The maximum atomic E-state index is 13.9. The molecule has 2 N–H and O–H groups in total. The van der Waals surface area contributed by atoms with Crippen molar-refractivity contribution < 1.29 is 19.8 Å². The third kappa shape index (κ3) is 3.59. The van der Waals surface area contributed by atoms with Gasteiger partial charge in [0.25, 0.3) is 0 Å². The van der Waals surface area contributed by atoms with Crippen LogP contribution in [0.4, 0.5) is 0 Å². The van der Waals surface area contributed by atoms with Crippen LogP contribution >= 0.6 is 23.5 Å². The molecule has 5 rings (SSSR count). The van der Waals surface area contributed by atoms with Crippen LogP contribution in [0, 0.1) is 13.8 Å². The maximum absolute atomic E-state index is 13.9. The highest BCUT2D eigenvalue weighted by molar-refractivity contribution is 8.02. The Morgan fingerprint density at radius 3 is 1.65 bits per heavy atom. The van der Waals surface area contributed by atoms with E-state index in [4.69, 9.17) is 0 Å². The number of aromatic hydroxyl groups is 2. The second-order valence-electron chi connectivity index (χ2n) is 8.00. The molecule has 0 spiro atoms. The van der Waals surface area contributed by atoms with Gasteiger partial charge in [-0.25, -0.2) is 0 Å². The van der Waals surface area contributed by atoms with E-state index in [9.17, 15) is 19.8 Å². The van der Waals surface area contributed by atoms with Crippen molar-refractivity contribution in [3.8, 4) is 11.5 Å². The van der Waals surface area contributed by atoms with Gasteiger partial charge in [0.05, 0.1) is 11.1 Å². The second kappa shape index (κ2) is 8.70. The van der Waals surface area contributed by atoms with Gasteiger partial charge in [-0.3, -0.25) is 9.59 Å². The first-order valence-corrected chi connectivity index (χ1v) is 12.3. The molecule has 0 radical (unpaired) electrons. The quantitative estimate of drug-likeness (QED) is 0.274. The SMILES string of the molecule is Cc1c(C)c(O)c2c(c1O)C(=O)c1ccc(Sc3ccccc3)c(Sc3ccccc3)c1C2=O. The Labute approximate surface area is 205 Å². The Hall–Kier alpha value is -3.48. The normalized spacial score (nSPS) is 12.4. The van der Waals surface area contributed by atoms with E-state index in [1.807, 2.05) is 66.7 Å². The predicted molar refractivity (Wildman–Crippen MR) is 134 cm³/mol. The number of hydrogen-bond donors (Lipinski definition) is 2. The molecule has 0 heterocycles. The summed E-state index contributed by atoms with van der Waals surface area (Å²) in [5.41, 5.74) is 0.993. The van der Waals surface area contributed by atoms with Crippen LogP contribution in [0.5, 0.6) is 11.5 Å². The highest BCUT2D eigenvalue weighted by Crippen LogP contribution is 2.48. The van der Waals surface area contributed by atoms with Crippen molar-refractivity contribution in [2.45, 2.75) is 33.4 Å². The first kappa shape index (κ1) is 22.3. The third-order valence-corrected chi connectivity index (χ3v) is 8.31. The Bertz CT molecular complexity index is 1460. The lowest BCUT2D eigenvalue weighted by Gasteiger charge is -2.25. The summed E-state index contributed by atoms with van der Waals surface area (Å²) in [6.45, 7) is 3.24. The number of carbonyl (C=O) groups excluding carboxylic acids is 2. The van der Waals surface area contributed by atoms with Gasteiger partial charge in [0, 0.05) is 30.7 Å². The number of ketones is 2. The Kier molecular flexibility index (Phi) is 5.71. The molecule has 4 aromatic carbocycles. The molecule has 0 aliphatic heterocycles. The number of fused-ring (bicyclic) bond motifs is 2. The van der Waals surface area contributed by atoms with Crippen LogP contribution in [-0.2, 0) is 0 Å². The molecule has 0 saturated carbocycles. The van der Waals surface area contributed by atoms with Gasteiger partial charge in [-0.15, -0.1) is 0 Å². The van der Waals surface area contributed by atoms with Gasteiger partial charge in [0.1, 0.15) is 11.5 Å². The van der Waals surface area contributed by atoms with Crippen molar-refractivity contribution >= 4 is 35.1 Å². The van der Waals surface area contributed by atoms with E-state index in [0.29, 0.717) is 16.0 Å². The van der Waals surface area contributed by atoms with Crippen molar-refractivity contribution in [2.75, 3.05) is 0 Å². The van der Waals surface area contributed by atoms with E-state index in [0.717, 1.165) is 14.7 Å². The lowest BCUT2D eigenvalue weighted by atomic mass is 9.81. The van der Waals surface area contributed by atoms with Crippen molar-refractivity contribution in [3.63, 3.8) is 0 Å². The highest BCUT2D eigenvalue weighted by atomic mass is 32.2. The largest absolute Gasteiger partial charge is 0.507 e. The Morgan fingerprint density at radius 2 is 1.09 bits per heavy atom. The molecule has 0 fully saturated rings. The molecule has 0 aromatic heterocycles. The van der Waals surface area contributed by atoms with Gasteiger partial charge in [0.15, 0.2) is 11.6 Å². The van der Waals surface area contributed by atoms with Crippen molar-refractivity contribution in [2.24, 2.45) is 0 Å². The van der Waals surface area contributed by atoms with Gasteiger partial charge in [-0.05, 0) is 61.4 Å². The van der Waals surface area contributed by atoms with Crippen LogP contribution in [0.1, 0.15) is 43.0 Å². The summed E-state index contributed by atoms with van der Waals surface area (Å²) in [4.78, 5) is 30.8. The number of benzene rings is 4. The summed E-state index contributed by atoms with van der Waals surface area (Å²) in [6.07, 6.45) is 0. The zero-order valence-electron chi connectivity index (χ0n) is 18.5. The molecular formula is C28H20O4S2. The van der Waals surface area contributed by atoms with Crippen molar-refractivity contribution in [3.05, 3.63) is 106 Å². The zero-order valence-corrected chi connectivity index (χ0v) is 20.1. The molecule has 0 bridgehead atoms. The van der Waals surface area contributed by atoms with E-state index in [2.05, 4.69) is 0 Å².